The second kappa shape index (κ2) is 8.08. The van der Waals surface area contributed by atoms with Crippen molar-refractivity contribution in [3.05, 3.63) is 48.6 Å². The highest BCUT2D eigenvalue weighted by Gasteiger charge is 2.06. The van der Waals surface area contributed by atoms with E-state index in [4.69, 9.17) is 9.84 Å². The van der Waals surface area contributed by atoms with Crippen molar-refractivity contribution in [2.45, 2.75) is 19.4 Å². The van der Waals surface area contributed by atoms with Crippen molar-refractivity contribution in [3.63, 3.8) is 0 Å². The van der Waals surface area contributed by atoms with Crippen LogP contribution in [0.25, 0.3) is 0 Å². The number of hydrogen-bond acceptors (Lipinski definition) is 2. The van der Waals surface area contributed by atoms with Crippen LogP contribution in [0.2, 0.25) is 0 Å². The van der Waals surface area contributed by atoms with Gasteiger partial charge >= 0.3 is 0 Å². The summed E-state index contributed by atoms with van der Waals surface area (Å²) in [4.78, 5) is 0. The Hall–Kier alpha value is -1.12. The molecule has 1 N–H and O–H groups in total. The van der Waals surface area contributed by atoms with E-state index >= 15 is 0 Å². The topological polar surface area (TPSA) is 29.5 Å². The van der Waals surface area contributed by atoms with E-state index in [2.05, 4.69) is 6.58 Å². The molecule has 16 heavy (non-hydrogen) atoms. The van der Waals surface area contributed by atoms with E-state index in [0.717, 1.165) is 12.8 Å². The summed E-state index contributed by atoms with van der Waals surface area (Å²) < 4.78 is 5.58. The van der Waals surface area contributed by atoms with E-state index in [0.29, 0.717) is 13.2 Å². The van der Waals surface area contributed by atoms with Crippen LogP contribution >= 0.6 is 0 Å². The summed E-state index contributed by atoms with van der Waals surface area (Å²) in [6, 6.07) is 10.1. The summed E-state index contributed by atoms with van der Waals surface area (Å²) in [7, 11) is 0. The first-order chi connectivity index (χ1) is 7.86. The van der Waals surface area contributed by atoms with Crippen LogP contribution in [-0.4, -0.2) is 18.3 Å². The highest BCUT2D eigenvalue weighted by molar-refractivity contribution is 5.13. The zero-order chi connectivity index (χ0) is 11.6. The van der Waals surface area contributed by atoms with E-state index in [1.165, 1.54) is 5.56 Å². The maximum absolute atomic E-state index is 9.14. The Labute approximate surface area is 97.6 Å². The number of hydrogen-bond donors (Lipinski definition) is 1. The molecule has 0 saturated heterocycles. The Bertz CT molecular complexity index is 282. The number of ether oxygens (including phenoxy) is 1. The Morgan fingerprint density at radius 2 is 2.06 bits per heavy atom. The average Bonchev–Trinajstić information content (AvgIpc) is 2.35. The highest BCUT2D eigenvalue weighted by atomic mass is 16.5. The van der Waals surface area contributed by atoms with Crippen LogP contribution in [-0.2, 0) is 11.3 Å². The summed E-state index contributed by atoms with van der Waals surface area (Å²) >= 11 is 0. The van der Waals surface area contributed by atoms with Gasteiger partial charge in [-0.05, 0) is 18.4 Å². The summed E-state index contributed by atoms with van der Waals surface area (Å²) in [5.41, 5.74) is 1.17. The molecule has 1 atom stereocenters. The molecular weight excluding hydrogens is 200 g/mol. The molecule has 2 heteroatoms. The number of allylic oxidation sites excluding steroid dienone is 1. The molecule has 0 fully saturated rings. The molecule has 0 aromatic heterocycles. The van der Waals surface area contributed by atoms with Crippen LogP contribution < -0.4 is 0 Å². The molecule has 0 radical (unpaired) electrons. The zero-order valence-electron chi connectivity index (χ0n) is 9.64. The molecule has 0 heterocycles. The minimum atomic E-state index is 0.183. The Morgan fingerprint density at radius 1 is 1.31 bits per heavy atom. The SMILES string of the molecule is C=CCCC(CO)COCc1ccccc1. The van der Waals surface area contributed by atoms with E-state index in [9.17, 15) is 0 Å². The second-order valence-electron chi connectivity index (χ2n) is 3.92. The molecule has 2 nitrogen and oxygen atoms in total. The lowest BCUT2D eigenvalue weighted by molar-refractivity contribution is 0.0600. The van der Waals surface area contributed by atoms with Crippen molar-refractivity contribution >= 4 is 0 Å². The van der Waals surface area contributed by atoms with Gasteiger partial charge in [0.25, 0.3) is 0 Å². The minimum Gasteiger partial charge on any atom is -0.396 e. The van der Waals surface area contributed by atoms with E-state index in [-0.39, 0.29) is 12.5 Å². The fourth-order valence-corrected chi connectivity index (χ4v) is 1.50. The second-order valence-corrected chi connectivity index (χ2v) is 3.92. The zero-order valence-corrected chi connectivity index (χ0v) is 9.64. The molecule has 0 bridgehead atoms. The standard InChI is InChI=1S/C14H20O2/c1-2-3-7-14(10-15)12-16-11-13-8-5-4-6-9-13/h2,4-6,8-9,14-15H,1,3,7,10-12H2. The fourth-order valence-electron chi connectivity index (χ4n) is 1.50. The van der Waals surface area contributed by atoms with Gasteiger partial charge in [0.1, 0.15) is 0 Å². The van der Waals surface area contributed by atoms with Crippen molar-refractivity contribution in [2.75, 3.05) is 13.2 Å². The minimum absolute atomic E-state index is 0.183. The number of aliphatic hydroxyl groups is 1. The summed E-state index contributed by atoms with van der Waals surface area (Å²) in [6.45, 7) is 5.08. The number of benzene rings is 1. The van der Waals surface area contributed by atoms with Gasteiger partial charge in [0, 0.05) is 12.5 Å². The molecule has 1 aromatic rings. The van der Waals surface area contributed by atoms with Gasteiger partial charge in [0.15, 0.2) is 0 Å². The van der Waals surface area contributed by atoms with Crippen LogP contribution in [0.4, 0.5) is 0 Å². The Kier molecular flexibility index (Phi) is 6.54. The van der Waals surface area contributed by atoms with Gasteiger partial charge in [-0.1, -0.05) is 36.4 Å². The smallest absolute Gasteiger partial charge is 0.0717 e. The Balaban J connectivity index is 2.20. The van der Waals surface area contributed by atoms with Crippen LogP contribution in [0.1, 0.15) is 18.4 Å². The van der Waals surface area contributed by atoms with Gasteiger partial charge in [0.05, 0.1) is 13.2 Å². The fraction of sp³-hybridized carbons (Fsp3) is 0.429. The molecule has 0 saturated carbocycles. The van der Waals surface area contributed by atoms with Gasteiger partial charge in [0.2, 0.25) is 0 Å². The van der Waals surface area contributed by atoms with Gasteiger partial charge in [-0.15, -0.1) is 6.58 Å². The van der Waals surface area contributed by atoms with Crippen LogP contribution in [0, 0.1) is 5.92 Å². The lowest BCUT2D eigenvalue weighted by atomic mass is 10.1. The van der Waals surface area contributed by atoms with Gasteiger partial charge < -0.3 is 9.84 Å². The maximum Gasteiger partial charge on any atom is 0.0717 e. The highest BCUT2D eigenvalue weighted by Crippen LogP contribution is 2.08. The first-order valence-electron chi connectivity index (χ1n) is 5.70. The lowest BCUT2D eigenvalue weighted by Crippen LogP contribution is -2.13. The summed E-state index contributed by atoms with van der Waals surface area (Å²) in [5, 5.41) is 9.14. The average molecular weight is 220 g/mol. The maximum atomic E-state index is 9.14. The normalized spacial score (nSPS) is 12.3. The van der Waals surface area contributed by atoms with Crippen molar-refractivity contribution in [1.29, 1.82) is 0 Å². The molecular formula is C14H20O2. The Morgan fingerprint density at radius 3 is 2.69 bits per heavy atom. The quantitative estimate of drug-likeness (QED) is 0.683. The first kappa shape index (κ1) is 12.9. The number of rotatable bonds is 8. The van der Waals surface area contributed by atoms with Gasteiger partial charge in [-0.3, -0.25) is 0 Å². The van der Waals surface area contributed by atoms with Crippen molar-refractivity contribution in [3.8, 4) is 0 Å². The molecule has 0 spiro atoms. The largest absolute Gasteiger partial charge is 0.396 e. The van der Waals surface area contributed by atoms with E-state index < -0.39 is 0 Å². The predicted molar refractivity (Wildman–Crippen MR) is 66.1 cm³/mol. The first-order valence-corrected chi connectivity index (χ1v) is 5.70. The van der Waals surface area contributed by atoms with Crippen LogP contribution in [0.15, 0.2) is 43.0 Å². The van der Waals surface area contributed by atoms with Gasteiger partial charge in [-0.25, -0.2) is 0 Å². The summed E-state index contributed by atoms with van der Waals surface area (Å²) in [6.07, 6.45) is 3.74. The monoisotopic (exact) mass is 220 g/mol. The lowest BCUT2D eigenvalue weighted by Gasteiger charge is -2.13. The third-order valence-electron chi connectivity index (χ3n) is 2.50. The molecule has 1 aromatic carbocycles. The third-order valence-corrected chi connectivity index (χ3v) is 2.50. The molecule has 88 valence electrons. The van der Waals surface area contributed by atoms with Crippen LogP contribution in [0.3, 0.4) is 0 Å². The molecule has 0 amide bonds. The molecule has 0 aliphatic carbocycles. The van der Waals surface area contributed by atoms with Crippen LogP contribution in [0.5, 0.6) is 0 Å². The van der Waals surface area contributed by atoms with E-state index in [1.54, 1.807) is 0 Å². The molecule has 0 aliphatic heterocycles. The number of aliphatic hydroxyl groups excluding tert-OH is 1. The van der Waals surface area contributed by atoms with Crippen molar-refractivity contribution in [2.24, 2.45) is 5.92 Å². The molecule has 1 unspecified atom stereocenters. The third kappa shape index (κ3) is 5.10. The van der Waals surface area contributed by atoms with Gasteiger partial charge in [-0.2, -0.15) is 0 Å². The summed E-state index contributed by atoms with van der Waals surface area (Å²) in [5.74, 6) is 0.224. The molecule has 0 aliphatic rings. The van der Waals surface area contributed by atoms with E-state index in [1.807, 2.05) is 36.4 Å². The van der Waals surface area contributed by atoms with Crippen molar-refractivity contribution < 1.29 is 9.84 Å². The molecule has 1 rings (SSSR count). The van der Waals surface area contributed by atoms with Crippen molar-refractivity contribution in [1.82, 2.24) is 0 Å². The predicted octanol–water partition coefficient (Wildman–Crippen LogP) is 2.78.